The molecular weight excluding hydrogens is 459 g/mol. The minimum absolute atomic E-state index is 0.149. The third kappa shape index (κ3) is 7.43. The number of methoxy groups -OCH3 is 1. The standard InChI is InChI=1S/C26H30F3N3O3/c1-7-17(25(34)35-6)9-18(16(3)4)13-23(8-2)31-24(33)20-10-19(21-14-30-32(5)15-21)11-22(12-20)26(27,28)29/h8,10-15,17H,3,7,9H2,1-2,4-6H3,(H,31,33)/b18-13-,23-8+. The maximum Gasteiger partial charge on any atom is 0.416 e. The van der Waals surface area contributed by atoms with Gasteiger partial charge in [-0.3, -0.25) is 14.3 Å². The van der Waals surface area contributed by atoms with E-state index < -0.39 is 17.6 Å². The van der Waals surface area contributed by atoms with Crippen molar-refractivity contribution >= 4 is 11.9 Å². The van der Waals surface area contributed by atoms with Crippen LogP contribution in [0.4, 0.5) is 13.2 Å². The lowest BCUT2D eigenvalue weighted by molar-refractivity contribution is -0.145. The number of carbonyl (C=O) groups is 2. The van der Waals surface area contributed by atoms with Gasteiger partial charge in [-0.25, -0.2) is 0 Å². The van der Waals surface area contributed by atoms with Crippen LogP contribution in [0.5, 0.6) is 0 Å². The molecule has 0 saturated carbocycles. The fourth-order valence-corrected chi connectivity index (χ4v) is 3.42. The Bertz CT molecular complexity index is 1160. The van der Waals surface area contributed by atoms with E-state index in [4.69, 9.17) is 4.74 Å². The third-order valence-electron chi connectivity index (χ3n) is 5.50. The van der Waals surface area contributed by atoms with Gasteiger partial charge in [0.25, 0.3) is 5.91 Å². The van der Waals surface area contributed by atoms with Crippen molar-refractivity contribution in [1.82, 2.24) is 15.1 Å². The van der Waals surface area contributed by atoms with E-state index in [9.17, 15) is 22.8 Å². The van der Waals surface area contributed by atoms with Crippen molar-refractivity contribution in [3.05, 3.63) is 77.3 Å². The second kappa shape index (κ2) is 11.7. The lowest BCUT2D eigenvalue weighted by Gasteiger charge is -2.16. The molecule has 1 amide bonds. The molecule has 0 spiro atoms. The van der Waals surface area contributed by atoms with E-state index >= 15 is 0 Å². The number of allylic oxidation sites excluding steroid dienone is 4. The Morgan fingerprint density at radius 2 is 1.94 bits per heavy atom. The zero-order valence-corrected chi connectivity index (χ0v) is 20.5. The molecule has 1 N–H and O–H groups in total. The molecule has 2 rings (SSSR count). The molecule has 188 valence electrons. The maximum atomic E-state index is 13.6. The van der Waals surface area contributed by atoms with Crippen LogP contribution in [0.1, 0.15) is 49.5 Å². The Morgan fingerprint density at radius 3 is 2.43 bits per heavy atom. The number of hydrogen-bond acceptors (Lipinski definition) is 4. The van der Waals surface area contributed by atoms with Crippen LogP contribution in [0.25, 0.3) is 11.1 Å². The highest BCUT2D eigenvalue weighted by Gasteiger charge is 2.32. The van der Waals surface area contributed by atoms with Gasteiger partial charge < -0.3 is 10.1 Å². The number of aromatic nitrogens is 2. The third-order valence-corrected chi connectivity index (χ3v) is 5.50. The monoisotopic (exact) mass is 489 g/mol. The topological polar surface area (TPSA) is 73.2 Å². The lowest BCUT2D eigenvalue weighted by atomic mass is 9.92. The van der Waals surface area contributed by atoms with Gasteiger partial charge in [-0.2, -0.15) is 18.3 Å². The average molecular weight is 490 g/mol. The van der Waals surface area contributed by atoms with Gasteiger partial charge in [0.05, 0.1) is 24.8 Å². The first-order valence-electron chi connectivity index (χ1n) is 11.0. The SMILES string of the molecule is C=C(C)/C(=C\C(=C/C)NC(=O)c1cc(-c2cnn(C)c2)cc(C(F)(F)F)c1)CC(CC)C(=O)OC. The van der Waals surface area contributed by atoms with E-state index in [2.05, 4.69) is 17.0 Å². The number of nitrogens with zero attached hydrogens (tertiary/aromatic N) is 2. The molecule has 35 heavy (non-hydrogen) atoms. The Kier molecular flexibility index (Phi) is 9.22. The van der Waals surface area contributed by atoms with Gasteiger partial charge in [0.1, 0.15) is 0 Å². The zero-order chi connectivity index (χ0) is 26.3. The number of rotatable bonds is 9. The molecule has 0 bridgehead atoms. The molecule has 0 aliphatic carbocycles. The summed E-state index contributed by atoms with van der Waals surface area (Å²) >= 11 is 0. The van der Waals surface area contributed by atoms with Crippen LogP contribution in [-0.4, -0.2) is 28.8 Å². The number of carbonyl (C=O) groups excluding carboxylic acids is 2. The van der Waals surface area contributed by atoms with Crippen LogP contribution in [0.2, 0.25) is 0 Å². The van der Waals surface area contributed by atoms with Crippen LogP contribution in [0, 0.1) is 5.92 Å². The molecule has 0 aliphatic heterocycles. The van der Waals surface area contributed by atoms with Gasteiger partial charge in [-0.1, -0.05) is 25.2 Å². The molecule has 1 heterocycles. The first kappa shape index (κ1) is 27.6. The van der Waals surface area contributed by atoms with E-state index in [1.54, 1.807) is 39.2 Å². The normalized spacial score (nSPS) is 13.4. The Hall–Kier alpha value is -3.62. The highest BCUT2D eigenvalue weighted by molar-refractivity contribution is 5.97. The van der Waals surface area contributed by atoms with E-state index in [0.29, 0.717) is 29.7 Å². The quantitative estimate of drug-likeness (QED) is 0.355. The number of nitrogens with one attached hydrogen (secondary N) is 1. The van der Waals surface area contributed by atoms with Crippen LogP contribution < -0.4 is 5.32 Å². The lowest BCUT2D eigenvalue weighted by Crippen LogP contribution is -2.23. The molecule has 0 saturated heterocycles. The van der Waals surface area contributed by atoms with Gasteiger partial charge in [0.15, 0.2) is 0 Å². The van der Waals surface area contributed by atoms with Gasteiger partial charge in [-0.15, -0.1) is 0 Å². The molecule has 1 unspecified atom stereocenters. The van der Waals surface area contributed by atoms with Crippen LogP contribution in [0.3, 0.4) is 0 Å². The summed E-state index contributed by atoms with van der Waals surface area (Å²) in [7, 11) is 2.97. The fraction of sp³-hybridized carbons (Fsp3) is 0.346. The van der Waals surface area contributed by atoms with Crippen LogP contribution >= 0.6 is 0 Å². The zero-order valence-electron chi connectivity index (χ0n) is 20.5. The van der Waals surface area contributed by atoms with E-state index in [1.807, 2.05) is 6.92 Å². The fourth-order valence-electron chi connectivity index (χ4n) is 3.42. The van der Waals surface area contributed by atoms with Crippen LogP contribution in [-0.2, 0) is 22.8 Å². The molecule has 6 nitrogen and oxygen atoms in total. The summed E-state index contributed by atoms with van der Waals surface area (Å²) in [6.07, 6.45) is 2.56. The minimum atomic E-state index is -4.63. The molecule has 0 radical (unpaired) electrons. The van der Waals surface area contributed by atoms with Crippen LogP contribution in [0.15, 0.2) is 66.2 Å². The molecular formula is C26H30F3N3O3. The molecule has 1 atom stereocenters. The molecule has 0 aliphatic rings. The summed E-state index contributed by atoms with van der Waals surface area (Å²) in [4.78, 5) is 25.0. The van der Waals surface area contributed by atoms with E-state index in [-0.39, 0.29) is 23.0 Å². The van der Waals surface area contributed by atoms with Crippen molar-refractivity contribution in [2.24, 2.45) is 13.0 Å². The number of aryl methyl sites for hydroxylation is 1. The summed E-state index contributed by atoms with van der Waals surface area (Å²) in [5.74, 6) is -1.44. The summed E-state index contributed by atoms with van der Waals surface area (Å²) in [6.45, 7) is 9.27. The van der Waals surface area contributed by atoms with E-state index in [1.165, 1.54) is 24.1 Å². The Balaban J connectivity index is 2.40. The molecule has 0 fully saturated rings. The molecule has 1 aromatic heterocycles. The number of benzene rings is 1. The second-order valence-electron chi connectivity index (χ2n) is 8.18. The first-order valence-corrected chi connectivity index (χ1v) is 11.0. The average Bonchev–Trinajstić information content (AvgIpc) is 3.25. The van der Waals surface area contributed by atoms with Gasteiger partial charge >= 0.3 is 12.1 Å². The minimum Gasteiger partial charge on any atom is -0.469 e. The molecule has 9 heteroatoms. The van der Waals surface area contributed by atoms with Crippen molar-refractivity contribution in [2.45, 2.75) is 39.8 Å². The largest absolute Gasteiger partial charge is 0.469 e. The first-order chi connectivity index (χ1) is 16.4. The summed E-state index contributed by atoms with van der Waals surface area (Å²) in [5.41, 5.74) is 1.37. The van der Waals surface area contributed by atoms with E-state index in [0.717, 1.165) is 17.7 Å². The molecule has 2 aromatic rings. The number of esters is 1. The predicted molar refractivity (Wildman–Crippen MR) is 128 cm³/mol. The van der Waals surface area contributed by atoms with Crippen molar-refractivity contribution in [3.63, 3.8) is 0 Å². The Labute approximate surface area is 203 Å². The van der Waals surface area contributed by atoms with Crippen molar-refractivity contribution in [1.29, 1.82) is 0 Å². The van der Waals surface area contributed by atoms with Gasteiger partial charge in [0, 0.05) is 30.1 Å². The number of ether oxygens (including phenoxy) is 1. The highest BCUT2D eigenvalue weighted by atomic mass is 19.4. The Morgan fingerprint density at radius 1 is 1.26 bits per heavy atom. The summed E-state index contributed by atoms with van der Waals surface area (Å²) in [5, 5.41) is 6.66. The number of hydrogen-bond donors (Lipinski definition) is 1. The predicted octanol–water partition coefficient (Wildman–Crippen LogP) is 5.83. The highest BCUT2D eigenvalue weighted by Crippen LogP contribution is 2.33. The van der Waals surface area contributed by atoms with Crippen molar-refractivity contribution in [2.75, 3.05) is 7.11 Å². The maximum absolute atomic E-state index is 13.6. The van der Waals surface area contributed by atoms with Crippen molar-refractivity contribution in [3.8, 4) is 11.1 Å². The van der Waals surface area contributed by atoms with Gasteiger partial charge in [-0.05, 0) is 62.1 Å². The van der Waals surface area contributed by atoms with Gasteiger partial charge in [0.2, 0.25) is 0 Å². The summed E-state index contributed by atoms with van der Waals surface area (Å²) in [6, 6.07) is 3.19. The number of amides is 1. The second-order valence-corrected chi connectivity index (χ2v) is 8.18. The number of alkyl halides is 3. The molecule has 1 aromatic carbocycles. The number of halogens is 3. The van der Waals surface area contributed by atoms with Crippen molar-refractivity contribution < 1.29 is 27.5 Å². The smallest absolute Gasteiger partial charge is 0.416 e. The summed E-state index contributed by atoms with van der Waals surface area (Å²) < 4.78 is 47.0.